The lowest BCUT2D eigenvalue weighted by atomic mass is 10.0. The van der Waals surface area contributed by atoms with Gasteiger partial charge in [-0.2, -0.15) is 34.8 Å². The van der Waals surface area contributed by atoms with Gasteiger partial charge in [0.15, 0.2) is 5.76 Å². The van der Waals surface area contributed by atoms with E-state index in [9.17, 15) is 39.6 Å². The second-order valence-electron chi connectivity index (χ2n) is 5.46. The molecule has 0 aromatic heterocycles. The number of methoxy groups -OCH3 is 1. The smallest absolute Gasteiger partial charge is 0.465 e. The Labute approximate surface area is 157 Å². The first-order valence-electron chi connectivity index (χ1n) is 7.74. The predicted molar refractivity (Wildman–Crippen MR) is 86.3 cm³/mol. The summed E-state index contributed by atoms with van der Waals surface area (Å²) in [7, 11) is -5.31. The zero-order chi connectivity index (χ0) is 21.8. The van der Waals surface area contributed by atoms with E-state index in [4.69, 9.17) is 0 Å². The summed E-state index contributed by atoms with van der Waals surface area (Å²) in [6.07, 6.45) is -5.72. The molecule has 5 nitrogen and oxygen atoms in total. The van der Waals surface area contributed by atoms with Crippen molar-refractivity contribution >= 4 is 21.8 Å². The quantitative estimate of drug-likeness (QED) is 0.203. The summed E-state index contributed by atoms with van der Waals surface area (Å²) in [5.41, 5.74) is -8.19. The molecule has 0 N–H and O–H groups in total. The molecule has 28 heavy (non-hydrogen) atoms. The van der Waals surface area contributed by atoms with Crippen molar-refractivity contribution in [3.05, 3.63) is 41.0 Å². The number of ether oxygens (including phenoxy) is 1. The molecule has 0 saturated heterocycles. The van der Waals surface area contributed by atoms with E-state index >= 15 is 0 Å². The lowest BCUT2D eigenvalue weighted by molar-refractivity contribution is -0.0948. The van der Waals surface area contributed by atoms with Gasteiger partial charge in [0.1, 0.15) is 0 Å². The first-order valence-corrected chi connectivity index (χ1v) is 9.15. The van der Waals surface area contributed by atoms with Crippen LogP contribution in [0.15, 0.2) is 29.8 Å². The maximum Gasteiger partial charge on any atom is 0.534 e. The van der Waals surface area contributed by atoms with Crippen LogP contribution in [-0.2, 0) is 19.0 Å². The first-order chi connectivity index (χ1) is 12.7. The minimum Gasteiger partial charge on any atom is -0.465 e. The zero-order valence-electron chi connectivity index (χ0n) is 14.6. The Morgan fingerprint density at radius 3 is 1.89 bits per heavy atom. The molecule has 0 saturated carbocycles. The summed E-state index contributed by atoms with van der Waals surface area (Å²) >= 11 is 0. The second kappa shape index (κ2) is 8.84. The second-order valence-corrected chi connectivity index (χ2v) is 7.00. The molecule has 0 fully saturated rings. The van der Waals surface area contributed by atoms with Gasteiger partial charge in [0.25, 0.3) is 0 Å². The number of alkyl halides is 6. The molecule has 0 bridgehead atoms. The number of esters is 1. The molecule has 0 aliphatic heterocycles. The molecular weight excluding hydrogens is 418 g/mol. The summed E-state index contributed by atoms with van der Waals surface area (Å²) in [6, 6.07) is 3.62. The Hall–Kier alpha value is -2.24. The largest absolute Gasteiger partial charge is 0.534 e. The third-order valence-corrected chi connectivity index (χ3v) is 4.39. The number of carbonyl (C=O) groups is 1. The summed E-state index contributed by atoms with van der Waals surface area (Å²) in [6.45, 7) is 1.55. The van der Waals surface area contributed by atoms with Crippen LogP contribution >= 0.6 is 0 Å². The van der Waals surface area contributed by atoms with Gasteiger partial charge in [-0.25, -0.2) is 4.79 Å². The number of hydrogen-bond acceptors (Lipinski definition) is 5. The highest BCUT2D eigenvalue weighted by Gasteiger charge is 2.50. The Morgan fingerprint density at radius 1 is 1.00 bits per heavy atom. The molecule has 0 aliphatic rings. The topological polar surface area (TPSA) is 69.7 Å². The molecule has 0 unspecified atom stereocenters. The van der Waals surface area contributed by atoms with Crippen LogP contribution < -0.4 is 0 Å². The van der Waals surface area contributed by atoms with Crippen molar-refractivity contribution in [2.45, 2.75) is 37.9 Å². The molecule has 158 valence electrons. The van der Waals surface area contributed by atoms with Gasteiger partial charge in [0, 0.05) is 5.56 Å². The molecule has 0 amide bonds. The summed E-state index contributed by atoms with van der Waals surface area (Å²) in [5, 5.41) is 0. The van der Waals surface area contributed by atoms with Gasteiger partial charge in [0.2, 0.25) is 0 Å². The highest BCUT2D eigenvalue weighted by Crippen LogP contribution is 2.39. The van der Waals surface area contributed by atoms with Crippen molar-refractivity contribution in [3.63, 3.8) is 0 Å². The molecular formula is C16H16F6O5S. The van der Waals surface area contributed by atoms with Crippen LogP contribution in [-0.4, -0.2) is 33.2 Å². The average Bonchev–Trinajstić information content (AvgIpc) is 2.58. The molecule has 0 atom stereocenters. The Bertz CT molecular complexity index is 823. The van der Waals surface area contributed by atoms with Gasteiger partial charge >= 0.3 is 27.8 Å². The maximum atomic E-state index is 13.4. The van der Waals surface area contributed by atoms with E-state index < -0.39 is 51.1 Å². The predicted octanol–water partition coefficient (Wildman–Crippen LogP) is 4.80. The van der Waals surface area contributed by atoms with Gasteiger partial charge in [-0.05, 0) is 25.0 Å². The van der Waals surface area contributed by atoms with E-state index in [1.807, 2.05) is 0 Å². The third kappa shape index (κ3) is 5.88. The van der Waals surface area contributed by atoms with Crippen LogP contribution in [0.5, 0.6) is 0 Å². The fourth-order valence-electron chi connectivity index (χ4n) is 2.04. The molecule has 0 aliphatic carbocycles. The standard InChI is InChI=1S/C16H16F6O5S/c1-3-4-5-12(15(17,18)19)13(27-28(24,25)16(20,21)22)10-6-8-11(9-7-10)14(23)26-2/h6-9H,3-5H2,1-2H3/b13-12+. The minimum absolute atomic E-state index is 0.0754. The lowest BCUT2D eigenvalue weighted by Gasteiger charge is -2.19. The number of carbonyl (C=O) groups excluding carboxylic acids is 1. The maximum absolute atomic E-state index is 13.4. The molecule has 1 aromatic rings. The van der Waals surface area contributed by atoms with Crippen LogP contribution in [0, 0.1) is 0 Å². The molecule has 0 radical (unpaired) electrons. The van der Waals surface area contributed by atoms with Crippen molar-refractivity contribution < 1.29 is 48.5 Å². The number of benzene rings is 1. The highest BCUT2D eigenvalue weighted by molar-refractivity contribution is 7.87. The fourth-order valence-corrected chi connectivity index (χ4v) is 2.55. The van der Waals surface area contributed by atoms with Crippen LogP contribution in [0.4, 0.5) is 26.3 Å². The SMILES string of the molecule is CCCC/C(=C(\OS(=O)(=O)C(F)(F)F)c1ccc(C(=O)OC)cc1)C(F)(F)F. The Kier molecular flexibility index (Phi) is 7.52. The Morgan fingerprint density at radius 2 is 1.50 bits per heavy atom. The van der Waals surface area contributed by atoms with Crippen molar-refractivity contribution in [2.75, 3.05) is 7.11 Å². The van der Waals surface area contributed by atoms with Crippen LogP contribution in [0.2, 0.25) is 0 Å². The summed E-state index contributed by atoms with van der Waals surface area (Å²) in [5.74, 6) is -2.34. The molecule has 1 rings (SSSR count). The Balaban J connectivity index is 3.63. The van der Waals surface area contributed by atoms with Gasteiger partial charge < -0.3 is 8.92 Å². The van der Waals surface area contributed by atoms with Crippen LogP contribution in [0.3, 0.4) is 0 Å². The molecule has 1 aromatic carbocycles. The van der Waals surface area contributed by atoms with Crippen LogP contribution in [0.1, 0.15) is 42.1 Å². The number of rotatable bonds is 7. The number of halogens is 6. The van der Waals surface area contributed by atoms with E-state index in [2.05, 4.69) is 8.92 Å². The van der Waals surface area contributed by atoms with Gasteiger partial charge in [-0.3, -0.25) is 0 Å². The molecule has 12 heteroatoms. The van der Waals surface area contributed by atoms with Crippen molar-refractivity contribution in [2.24, 2.45) is 0 Å². The van der Waals surface area contributed by atoms with E-state index in [0.29, 0.717) is 0 Å². The molecule has 0 spiro atoms. The van der Waals surface area contributed by atoms with Gasteiger partial charge in [-0.15, -0.1) is 0 Å². The van der Waals surface area contributed by atoms with Crippen molar-refractivity contribution in [1.82, 2.24) is 0 Å². The van der Waals surface area contributed by atoms with E-state index in [0.717, 1.165) is 31.4 Å². The zero-order valence-corrected chi connectivity index (χ0v) is 15.5. The summed E-state index contributed by atoms with van der Waals surface area (Å²) in [4.78, 5) is 11.4. The van der Waals surface area contributed by atoms with E-state index in [-0.39, 0.29) is 18.4 Å². The van der Waals surface area contributed by atoms with Crippen molar-refractivity contribution in [1.29, 1.82) is 0 Å². The highest BCUT2D eigenvalue weighted by atomic mass is 32.2. The monoisotopic (exact) mass is 434 g/mol. The summed E-state index contributed by atoms with van der Waals surface area (Å²) < 4.78 is 109. The van der Waals surface area contributed by atoms with E-state index in [1.54, 1.807) is 6.92 Å². The van der Waals surface area contributed by atoms with Gasteiger partial charge in [-0.1, -0.05) is 25.5 Å². The fraction of sp³-hybridized carbons (Fsp3) is 0.438. The first kappa shape index (κ1) is 23.8. The average molecular weight is 434 g/mol. The minimum atomic E-state index is -6.36. The number of hydrogen-bond donors (Lipinski definition) is 0. The third-order valence-electron chi connectivity index (χ3n) is 3.44. The number of unbranched alkanes of at least 4 members (excludes halogenated alkanes) is 1. The molecule has 0 heterocycles. The lowest BCUT2D eigenvalue weighted by Crippen LogP contribution is -2.26. The van der Waals surface area contributed by atoms with Crippen LogP contribution in [0.25, 0.3) is 5.76 Å². The van der Waals surface area contributed by atoms with Gasteiger partial charge in [0.05, 0.1) is 18.2 Å². The number of allylic oxidation sites excluding steroid dienone is 1. The van der Waals surface area contributed by atoms with Crippen molar-refractivity contribution in [3.8, 4) is 0 Å². The van der Waals surface area contributed by atoms with E-state index in [1.165, 1.54) is 0 Å². The normalized spacial score (nSPS) is 13.7.